The first-order valence-corrected chi connectivity index (χ1v) is 6.74. The fourth-order valence-corrected chi connectivity index (χ4v) is 2.34. The Labute approximate surface area is 115 Å². The summed E-state index contributed by atoms with van der Waals surface area (Å²) in [5, 5.41) is 6.97. The molecule has 6 nitrogen and oxygen atoms in total. The molecule has 0 aliphatic heterocycles. The zero-order valence-corrected chi connectivity index (χ0v) is 11.3. The Hall–Kier alpha value is -1.99. The number of anilines is 1. The first-order chi connectivity index (χ1) is 9.19. The molecule has 0 aromatic carbocycles. The minimum Gasteiger partial charge on any atom is -0.348 e. The molecule has 2 heterocycles. The minimum atomic E-state index is -0.257. The van der Waals surface area contributed by atoms with Crippen LogP contribution in [-0.2, 0) is 6.42 Å². The molecule has 0 bridgehead atoms. The molecule has 7 heteroatoms. The second-order valence-electron chi connectivity index (χ2n) is 4.14. The Kier molecular flexibility index (Phi) is 4.43. The molecule has 0 radical (unpaired) electrons. The average Bonchev–Trinajstić information content (AvgIpc) is 2.91. The van der Waals surface area contributed by atoms with E-state index in [1.54, 1.807) is 11.3 Å². The van der Waals surface area contributed by atoms with Gasteiger partial charge in [-0.25, -0.2) is 10.8 Å². The Balaban J connectivity index is 1.96. The van der Waals surface area contributed by atoms with Crippen molar-refractivity contribution >= 4 is 23.1 Å². The molecule has 2 aromatic heterocycles. The zero-order chi connectivity index (χ0) is 13.7. The lowest BCUT2D eigenvalue weighted by Gasteiger charge is -2.12. The van der Waals surface area contributed by atoms with Gasteiger partial charge in [0.25, 0.3) is 5.91 Å². The summed E-state index contributed by atoms with van der Waals surface area (Å²) in [7, 11) is 0. The Morgan fingerprint density at radius 3 is 3.05 bits per heavy atom. The maximum absolute atomic E-state index is 12.0. The number of hydrogen-bond donors (Lipinski definition) is 3. The summed E-state index contributed by atoms with van der Waals surface area (Å²) in [4.78, 5) is 19.9. The van der Waals surface area contributed by atoms with Crippen molar-refractivity contribution in [3.05, 3.63) is 40.5 Å². The first kappa shape index (κ1) is 13.4. The Morgan fingerprint density at radius 2 is 2.37 bits per heavy atom. The second-order valence-corrected chi connectivity index (χ2v) is 4.92. The molecule has 1 atom stereocenters. The van der Waals surface area contributed by atoms with Gasteiger partial charge in [-0.3, -0.25) is 9.78 Å². The predicted molar refractivity (Wildman–Crippen MR) is 74.8 cm³/mol. The summed E-state index contributed by atoms with van der Waals surface area (Å²) < 4.78 is 0. The van der Waals surface area contributed by atoms with Crippen LogP contribution < -0.4 is 16.6 Å². The lowest BCUT2D eigenvalue weighted by Crippen LogP contribution is -2.34. The molecule has 19 heavy (non-hydrogen) atoms. The van der Waals surface area contributed by atoms with E-state index in [0.717, 1.165) is 6.42 Å². The largest absolute Gasteiger partial charge is 0.348 e. The highest BCUT2D eigenvalue weighted by Gasteiger charge is 2.12. The van der Waals surface area contributed by atoms with Crippen LogP contribution in [0.25, 0.3) is 0 Å². The molecule has 0 aliphatic carbocycles. The van der Waals surface area contributed by atoms with E-state index in [4.69, 9.17) is 5.84 Å². The van der Waals surface area contributed by atoms with Crippen LogP contribution in [0.5, 0.6) is 0 Å². The van der Waals surface area contributed by atoms with Crippen molar-refractivity contribution in [2.75, 3.05) is 5.43 Å². The van der Waals surface area contributed by atoms with E-state index < -0.39 is 0 Å². The Bertz CT molecular complexity index is 543. The third kappa shape index (κ3) is 3.73. The maximum Gasteiger partial charge on any atom is 0.271 e. The second kappa shape index (κ2) is 6.26. The molecule has 0 saturated carbocycles. The number of thiophene rings is 1. The third-order valence-corrected chi connectivity index (χ3v) is 3.25. The minimum absolute atomic E-state index is 0.0263. The number of carbonyl (C=O) groups is 1. The van der Waals surface area contributed by atoms with E-state index in [0.29, 0.717) is 5.82 Å². The van der Waals surface area contributed by atoms with Gasteiger partial charge < -0.3 is 10.7 Å². The van der Waals surface area contributed by atoms with Crippen LogP contribution in [0.2, 0.25) is 0 Å². The molecule has 0 spiro atoms. The summed E-state index contributed by atoms with van der Waals surface area (Å²) in [5.74, 6) is 5.33. The van der Waals surface area contributed by atoms with Crippen LogP contribution in [0.3, 0.4) is 0 Å². The molecule has 1 amide bonds. The SMILES string of the molecule is CC(Cc1ccsc1)NC(=O)c1cncc(NN)n1. The summed E-state index contributed by atoms with van der Waals surface area (Å²) in [6, 6.07) is 2.07. The highest BCUT2D eigenvalue weighted by atomic mass is 32.1. The molecule has 100 valence electrons. The van der Waals surface area contributed by atoms with Gasteiger partial charge in [0.05, 0.1) is 12.4 Å². The number of nitrogen functional groups attached to an aromatic ring is 1. The predicted octanol–water partition coefficient (Wildman–Crippen LogP) is 1.18. The van der Waals surface area contributed by atoms with Gasteiger partial charge in [-0.05, 0) is 35.7 Å². The quantitative estimate of drug-likeness (QED) is 0.564. The number of aromatic nitrogens is 2. The molecule has 2 aromatic rings. The van der Waals surface area contributed by atoms with E-state index in [-0.39, 0.29) is 17.6 Å². The van der Waals surface area contributed by atoms with Gasteiger partial charge in [0.2, 0.25) is 0 Å². The van der Waals surface area contributed by atoms with Crippen LogP contribution in [-0.4, -0.2) is 21.9 Å². The Morgan fingerprint density at radius 1 is 1.53 bits per heavy atom. The lowest BCUT2D eigenvalue weighted by atomic mass is 10.1. The number of hydrogen-bond acceptors (Lipinski definition) is 6. The van der Waals surface area contributed by atoms with Crippen LogP contribution in [0, 0.1) is 0 Å². The summed E-state index contributed by atoms with van der Waals surface area (Å²) in [5.41, 5.74) is 3.81. The monoisotopic (exact) mass is 277 g/mol. The molecule has 0 fully saturated rings. The van der Waals surface area contributed by atoms with Crippen LogP contribution in [0.1, 0.15) is 23.0 Å². The molecule has 4 N–H and O–H groups in total. The van der Waals surface area contributed by atoms with Crippen molar-refractivity contribution in [3.63, 3.8) is 0 Å². The molecular weight excluding hydrogens is 262 g/mol. The fraction of sp³-hybridized carbons (Fsp3) is 0.250. The van der Waals surface area contributed by atoms with Crippen molar-refractivity contribution < 1.29 is 4.79 Å². The first-order valence-electron chi connectivity index (χ1n) is 5.79. The normalized spacial score (nSPS) is 11.9. The number of nitrogens with zero attached hydrogens (tertiary/aromatic N) is 2. The van der Waals surface area contributed by atoms with Crippen LogP contribution >= 0.6 is 11.3 Å². The number of carbonyl (C=O) groups excluding carboxylic acids is 1. The van der Waals surface area contributed by atoms with Crippen molar-refractivity contribution in [2.24, 2.45) is 5.84 Å². The standard InChI is InChI=1S/C12H15N5OS/c1-8(4-9-2-3-19-7-9)15-12(18)10-5-14-6-11(16-10)17-13/h2-3,5-8H,4,13H2,1H3,(H,15,18)(H,16,17). The third-order valence-electron chi connectivity index (χ3n) is 2.51. The van der Waals surface area contributed by atoms with Gasteiger partial charge in [0.15, 0.2) is 5.82 Å². The van der Waals surface area contributed by atoms with E-state index in [2.05, 4.69) is 26.1 Å². The van der Waals surface area contributed by atoms with Gasteiger partial charge in [0, 0.05) is 6.04 Å². The molecule has 1 unspecified atom stereocenters. The number of nitrogens with two attached hydrogens (primary N) is 1. The van der Waals surface area contributed by atoms with Gasteiger partial charge in [-0.1, -0.05) is 0 Å². The van der Waals surface area contributed by atoms with Crippen molar-refractivity contribution in [1.82, 2.24) is 15.3 Å². The highest BCUT2D eigenvalue weighted by molar-refractivity contribution is 7.07. The van der Waals surface area contributed by atoms with E-state index >= 15 is 0 Å². The van der Waals surface area contributed by atoms with E-state index in [9.17, 15) is 4.79 Å². The lowest BCUT2D eigenvalue weighted by molar-refractivity contribution is 0.0935. The van der Waals surface area contributed by atoms with Crippen molar-refractivity contribution in [2.45, 2.75) is 19.4 Å². The number of rotatable bonds is 5. The average molecular weight is 277 g/mol. The highest BCUT2D eigenvalue weighted by Crippen LogP contribution is 2.09. The van der Waals surface area contributed by atoms with E-state index in [1.807, 2.05) is 18.4 Å². The van der Waals surface area contributed by atoms with Crippen molar-refractivity contribution in [3.8, 4) is 0 Å². The summed E-state index contributed by atoms with van der Waals surface area (Å²) >= 11 is 1.64. The number of amides is 1. The van der Waals surface area contributed by atoms with Gasteiger partial charge in [-0.2, -0.15) is 11.3 Å². The van der Waals surface area contributed by atoms with Crippen molar-refractivity contribution in [1.29, 1.82) is 0 Å². The van der Waals surface area contributed by atoms with Gasteiger partial charge in [-0.15, -0.1) is 0 Å². The van der Waals surface area contributed by atoms with E-state index in [1.165, 1.54) is 18.0 Å². The number of hydrazine groups is 1. The summed E-state index contributed by atoms with van der Waals surface area (Å²) in [6.45, 7) is 1.95. The maximum atomic E-state index is 12.0. The number of nitrogens with one attached hydrogen (secondary N) is 2. The smallest absolute Gasteiger partial charge is 0.271 e. The zero-order valence-electron chi connectivity index (χ0n) is 10.5. The van der Waals surface area contributed by atoms with Gasteiger partial charge >= 0.3 is 0 Å². The molecule has 2 rings (SSSR count). The van der Waals surface area contributed by atoms with Gasteiger partial charge in [0.1, 0.15) is 5.69 Å². The topological polar surface area (TPSA) is 92.9 Å². The van der Waals surface area contributed by atoms with Crippen LogP contribution in [0.4, 0.5) is 5.82 Å². The summed E-state index contributed by atoms with van der Waals surface area (Å²) in [6.07, 6.45) is 3.65. The molecular formula is C12H15N5OS. The molecule has 0 saturated heterocycles. The fourth-order valence-electron chi connectivity index (χ4n) is 1.66. The van der Waals surface area contributed by atoms with Crippen LogP contribution in [0.15, 0.2) is 29.2 Å². The molecule has 0 aliphatic rings.